The molecule has 0 amide bonds. The fourth-order valence-corrected chi connectivity index (χ4v) is 8.07. The highest BCUT2D eigenvalue weighted by Gasteiger charge is 2.52. The second kappa shape index (κ2) is 11.6. The van der Waals surface area contributed by atoms with Crippen LogP contribution in [0.15, 0.2) is 22.2 Å². The summed E-state index contributed by atoms with van der Waals surface area (Å²) in [5, 5.41) is 25.4. The molecule has 0 aromatic carbocycles. The van der Waals surface area contributed by atoms with Crippen LogP contribution in [0.25, 0.3) is 22.3 Å². The van der Waals surface area contributed by atoms with Gasteiger partial charge in [0.05, 0.1) is 25.9 Å². The topological polar surface area (TPSA) is 295 Å². The molecular weight excluding hydrogens is 668 g/mol. The van der Waals surface area contributed by atoms with E-state index in [-0.39, 0.29) is 34.2 Å². The van der Waals surface area contributed by atoms with Gasteiger partial charge >= 0.3 is 0 Å². The van der Waals surface area contributed by atoms with E-state index in [1.165, 1.54) is 21.8 Å². The molecule has 26 heteroatoms. The van der Waals surface area contributed by atoms with Crippen LogP contribution in [-0.4, -0.2) is 121 Å². The van der Waals surface area contributed by atoms with E-state index < -0.39 is 88.4 Å². The zero-order chi connectivity index (χ0) is 33.4. The molecule has 3 fully saturated rings. The second-order valence-electron chi connectivity index (χ2n) is 11.1. The molecule has 3 saturated heterocycles. The number of imidazole rings is 2. The number of ether oxygens (including phenoxy) is 2. The number of anilines is 2. The molecule has 10 unspecified atom stereocenters. The van der Waals surface area contributed by atoms with E-state index in [9.17, 15) is 28.9 Å². The number of nitrogens with one attached hydrogen (secondary N) is 3. The van der Waals surface area contributed by atoms with Crippen molar-refractivity contribution in [2.24, 2.45) is 0 Å². The minimum Gasteiger partial charge on any atom is -0.386 e. The maximum absolute atomic E-state index is 13.6. The standard InChI is InChI=1S/C21H28B2N10O12P2/c1-25-21-29-15-9(17(37)31-21)27-5-33(15)19-11(35)13-7(43-19)3-41-46(22,38)44-12-6(2-40-47(23,39)45-13)42-18(10(12)34)32-4-26-8-14(32)28-20(24)30-16(8)36/h4-7,10-13,18-19,34-35H,2-3,22-23H2,1H3,(H3,24,28,30,36)(H2,25,29,31,37). The highest BCUT2D eigenvalue weighted by Crippen LogP contribution is 2.53. The number of nitrogens with zero attached hydrogens (tertiary/aromatic N) is 6. The molecule has 4 aromatic rings. The van der Waals surface area contributed by atoms with Gasteiger partial charge in [0.15, 0.2) is 34.8 Å². The van der Waals surface area contributed by atoms with Crippen molar-refractivity contribution < 1.29 is 46.9 Å². The number of aliphatic hydroxyl groups excluding tert-OH is 2. The van der Waals surface area contributed by atoms with E-state index in [1.54, 1.807) is 7.05 Å². The van der Waals surface area contributed by atoms with Gasteiger partial charge in [0.2, 0.25) is 11.9 Å². The van der Waals surface area contributed by atoms with Crippen LogP contribution in [0.5, 0.6) is 0 Å². The van der Waals surface area contributed by atoms with Crippen molar-refractivity contribution in [1.29, 1.82) is 0 Å². The lowest BCUT2D eigenvalue weighted by molar-refractivity contribution is -0.0564. The highest BCUT2D eigenvalue weighted by molar-refractivity contribution is 7.79. The summed E-state index contributed by atoms with van der Waals surface area (Å²) < 4.78 is 64.7. The van der Waals surface area contributed by atoms with E-state index in [4.69, 9.17) is 33.3 Å². The van der Waals surface area contributed by atoms with E-state index in [1.807, 2.05) is 0 Å². The minimum absolute atomic E-state index is 0.00450. The van der Waals surface area contributed by atoms with Crippen LogP contribution in [0.3, 0.4) is 0 Å². The first kappa shape index (κ1) is 32.1. The molecule has 0 radical (unpaired) electrons. The predicted octanol–water partition coefficient (Wildman–Crippen LogP) is -3.31. The van der Waals surface area contributed by atoms with E-state index >= 15 is 0 Å². The number of hydrogen-bond acceptors (Lipinski definition) is 18. The van der Waals surface area contributed by atoms with Gasteiger partial charge < -0.3 is 48.8 Å². The molecule has 0 aliphatic carbocycles. The Labute approximate surface area is 264 Å². The number of aromatic amines is 2. The molecule has 0 spiro atoms. The molecule has 7 N–H and O–H groups in total. The molecule has 7 rings (SSSR count). The Hall–Kier alpha value is -3.43. The fraction of sp³-hybridized carbons (Fsp3) is 0.524. The Morgan fingerprint density at radius 1 is 0.872 bits per heavy atom. The van der Waals surface area contributed by atoms with Gasteiger partial charge in [0.1, 0.15) is 36.6 Å². The third kappa shape index (κ3) is 5.73. The molecule has 22 nitrogen and oxygen atoms in total. The smallest absolute Gasteiger partial charge is 0.280 e. The number of rotatable bonds is 3. The number of nitrogens with two attached hydrogens (primary N) is 1. The average Bonchev–Trinajstić information content (AvgIpc) is 3.76. The van der Waals surface area contributed by atoms with Crippen molar-refractivity contribution in [1.82, 2.24) is 39.0 Å². The van der Waals surface area contributed by atoms with Gasteiger partial charge in [-0.05, 0) is 0 Å². The monoisotopic (exact) mass is 696 g/mol. The second-order valence-corrected chi connectivity index (χ2v) is 15.2. The SMILES string of the molecule is BP1(=O)OCC2OC(n3cnc4c(=O)[nH]c(NC)nc43)C(O)C2OP(B)(=O)OCC2OC(n3cnc4c(=O)[nH]c(N)nc43)C(O)C2O1. The van der Waals surface area contributed by atoms with Crippen LogP contribution in [0.1, 0.15) is 12.5 Å². The zero-order valence-corrected chi connectivity index (χ0v) is 26.6. The molecular formula is C21H28B2N10O12P2. The maximum Gasteiger partial charge on any atom is 0.280 e. The van der Waals surface area contributed by atoms with Crippen LogP contribution >= 0.6 is 14.9 Å². The summed E-state index contributed by atoms with van der Waals surface area (Å²) >= 11 is 0. The van der Waals surface area contributed by atoms with Crippen LogP contribution in [0.2, 0.25) is 0 Å². The van der Waals surface area contributed by atoms with E-state index in [2.05, 4.69) is 35.2 Å². The minimum atomic E-state index is -4.03. The van der Waals surface area contributed by atoms with Crippen molar-refractivity contribution >= 4 is 64.3 Å². The van der Waals surface area contributed by atoms with Crippen molar-refractivity contribution in [2.45, 2.75) is 49.1 Å². The van der Waals surface area contributed by atoms with Crippen molar-refractivity contribution in [3.8, 4) is 0 Å². The molecule has 7 heterocycles. The van der Waals surface area contributed by atoms with Gasteiger partial charge in [-0.2, -0.15) is 9.97 Å². The normalized spacial score (nSPS) is 36.5. The molecule has 0 bridgehead atoms. The first-order valence-corrected chi connectivity index (χ1v) is 18.1. The van der Waals surface area contributed by atoms with Crippen molar-refractivity contribution in [3.63, 3.8) is 0 Å². The molecule has 10 atom stereocenters. The van der Waals surface area contributed by atoms with Crippen molar-refractivity contribution in [2.75, 3.05) is 31.3 Å². The third-order valence-corrected chi connectivity index (χ3v) is 10.3. The number of hydrogen-bond donors (Lipinski definition) is 6. The van der Waals surface area contributed by atoms with Gasteiger partial charge in [-0.25, -0.2) is 9.97 Å². The maximum atomic E-state index is 13.6. The quantitative estimate of drug-likeness (QED) is 0.0903. The summed E-state index contributed by atoms with van der Waals surface area (Å²) in [7, 11) is -4.19. The fourth-order valence-electron chi connectivity index (χ4n) is 5.71. The number of fused-ring (bicyclic) bond motifs is 4. The summed E-state index contributed by atoms with van der Waals surface area (Å²) in [4.78, 5) is 46.1. The zero-order valence-electron chi connectivity index (χ0n) is 24.8. The summed E-state index contributed by atoms with van der Waals surface area (Å²) in [6, 6.07) is 0. The predicted molar refractivity (Wildman–Crippen MR) is 164 cm³/mol. The lowest BCUT2D eigenvalue weighted by Crippen LogP contribution is -2.39. The number of nitrogen functional groups attached to an aromatic ring is 1. The highest BCUT2D eigenvalue weighted by atomic mass is 31.2. The summed E-state index contributed by atoms with van der Waals surface area (Å²) in [6.07, 6.45) is -8.29. The Bertz CT molecular complexity index is 2070. The molecule has 4 aromatic heterocycles. The summed E-state index contributed by atoms with van der Waals surface area (Å²) in [5.74, 6) is -0.0739. The summed E-state index contributed by atoms with van der Waals surface area (Å²) in [5.41, 5.74) is 4.49. The first-order chi connectivity index (χ1) is 22.2. The first-order valence-electron chi connectivity index (χ1n) is 14.1. The van der Waals surface area contributed by atoms with Crippen LogP contribution in [0.4, 0.5) is 11.9 Å². The Morgan fingerprint density at radius 3 is 1.83 bits per heavy atom. The number of aromatic nitrogens is 8. The lowest BCUT2D eigenvalue weighted by Gasteiger charge is -2.30. The van der Waals surface area contributed by atoms with E-state index in [0.29, 0.717) is 0 Å². The third-order valence-electron chi connectivity index (χ3n) is 7.86. The van der Waals surface area contributed by atoms with Gasteiger partial charge in [0.25, 0.3) is 41.2 Å². The van der Waals surface area contributed by atoms with E-state index in [0.717, 1.165) is 15.1 Å². The van der Waals surface area contributed by atoms with Crippen LogP contribution < -0.4 is 22.2 Å². The number of aliphatic hydroxyl groups is 2. The molecule has 3 aliphatic heterocycles. The average molecular weight is 696 g/mol. The lowest BCUT2D eigenvalue weighted by atomic mass is 10.1. The van der Waals surface area contributed by atoms with Crippen LogP contribution in [-0.2, 0) is 36.7 Å². The van der Waals surface area contributed by atoms with Gasteiger partial charge in [-0.15, -0.1) is 0 Å². The molecule has 250 valence electrons. The Morgan fingerprint density at radius 2 is 1.34 bits per heavy atom. The molecule has 3 aliphatic rings. The van der Waals surface area contributed by atoms with Crippen molar-refractivity contribution in [3.05, 3.63) is 33.4 Å². The van der Waals surface area contributed by atoms with Gasteiger partial charge in [-0.1, -0.05) is 0 Å². The largest absolute Gasteiger partial charge is 0.386 e. The molecule has 47 heavy (non-hydrogen) atoms. The Balaban J connectivity index is 1.17. The van der Waals surface area contributed by atoms with Gasteiger partial charge in [0, 0.05) is 7.05 Å². The Kier molecular flexibility index (Phi) is 7.94. The van der Waals surface area contributed by atoms with Crippen LogP contribution in [0, 0.1) is 0 Å². The van der Waals surface area contributed by atoms with Gasteiger partial charge in [-0.3, -0.25) is 37.8 Å². The molecule has 0 saturated carbocycles. The summed E-state index contributed by atoms with van der Waals surface area (Å²) in [6.45, 7) is -0.998. The number of H-pyrrole nitrogens is 2.